The van der Waals surface area contributed by atoms with Crippen LogP contribution in [0, 0.1) is 5.41 Å². The maximum absolute atomic E-state index is 9.65. The van der Waals surface area contributed by atoms with E-state index >= 15 is 0 Å². The Kier molecular flexibility index (Phi) is 1.78. The van der Waals surface area contributed by atoms with Crippen molar-refractivity contribution < 1.29 is 5.11 Å². The Hall–Kier alpha value is -0.790. The number of allylic oxidation sites excluding steroid dienone is 2. The van der Waals surface area contributed by atoms with Gasteiger partial charge in [0.15, 0.2) is 0 Å². The molecule has 0 unspecified atom stereocenters. The van der Waals surface area contributed by atoms with Crippen molar-refractivity contribution in [2.75, 3.05) is 0 Å². The second kappa shape index (κ2) is 2.36. The smallest absolute Gasteiger partial charge is 0.125 e. The summed E-state index contributed by atoms with van der Waals surface area (Å²) < 4.78 is 0. The zero-order valence-electron chi connectivity index (χ0n) is 7.60. The van der Waals surface area contributed by atoms with Crippen molar-refractivity contribution in [3.05, 3.63) is 11.5 Å². The SMILES string of the molecule is CCC1=C(O)C(C)(C)C(C)=N1. The average molecular weight is 153 g/mol. The lowest BCUT2D eigenvalue weighted by Crippen LogP contribution is -2.20. The van der Waals surface area contributed by atoms with Crippen molar-refractivity contribution in [3.63, 3.8) is 0 Å². The minimum atomic E-state index is -0.231. The molecule has 62 valence electrons. The Morgan fingerprint density at radius 3 is 2.18 bits per heavy atom. The topological polar surface area (TPSA) is 32.6 Å². The number of aliphatic hydroxyl groups is 1. The van der Waals surface area contributed by atoms with Gasteiger partial charge in [0, 0.05) is 5.71 Å². The largest absolute Gasteiger partial charge is 0.509 e. The summed E-state index contributed by atoms with van der Waals surface area (Å²) in [7, 11) is 0. The number of aliphatic hydroxyl groups excluding tert-OH is 1. The summed E-state index contributed by atoms with van der Waals surface area (Å²) in [6.45, 7) is 7.94. The molecule has 11 heavy (non-hydrogen) atoms. The van der Waals surface area contributed by atoms with Crippen LogP contribution in [-0.2, 0) is 0 Å². The number of hydrogen-bond acceptors (Lipinski definition) is 2. The van der Waals surface area contributed by atoms with Gasteiger partial charge in [0.25, 0.3) is 0 Å². The van der Waals surface area contributed by atoms with Crippen LogP contribution >= 0.6 is 0 Å². The van der Waals surface area contributed by atoms with Crippen LogP contribution < -0.4 is 0 Å². The quantitative estimate of drug-likeness (QED) is 0.617. The first-order valence-electron chi connectivity index (χ1n) is 3.98. The molecule has 0 aromatic rings. The molecule has 2 nitrogen and oxygen atoms in total. The van der Waals surface area contributed by atoms with Gasteiger partial charge in [-0.3, -0.25) is 4.99 Å². The van der Waals surface area contributed by atoms with Crippen LogP contribution in [-0.4, -0.2) is 10.8 Å². The lowest BCUT2D eigenvalue weighted by molar-refractivity contribution is 0.316. The molecule has 0 aliphatic carbocycles. The van der Waals surface area contributed by atoms with Crippen molar-refractivity contribution >= 4 is 5.71 Å². The monoisotopic (exact) mass is 153 g/mol. The summed E-state index contributed by atoms with van der Waals surface area (Å²) in [6.07, 6.45) is 0.812. The van der Waals surface area contributed by atoms with E-state index in [-0.39, 0.29) is 5.41 Å². The molecule has 0 radical (unpaired) electrons. The minimum absolute atomic E-state index is 0.231. The third kappa shape index (κ3) is 1.06. The molecule has 0 saturated carbocycles. The van der Waals surface area contributed by atoms with Crippen LogP contribution in [0.3, 0.4) is 0 Å². The molecule has 1 rings (SSSR count). The highest BCUT2D eigenvalue weighted by molar-refractivity contribution is 5.93. The van der Waals surface area contributed by atoms with Crippen LogP contribution in [0.2, 0.25) is 0 Å². The van der Waals surface area contributed by atoms with Gasteiger partial charge in [-0.25, -0.2) is 0 Å². The molecule has 1 aliphatic rings. The van der Waals surface area contributed by atoms with Crippen LogP contribution in [0.1, 0.15) is 34.1 Å². The fourth-order valence-corrected chi connectivity index (χ4v) is 1.17. The molecule has 0 fully saturated rings. The van der Waals surface area contributed by atoms with Gasteiger partial charge in [-0.15, -0.1) is 0 Å². The summed E-state index contributed by atoms with van der Waals surface area (Å²) in [5.41, 5.74) is 1.62. The van der Waals surface area contributed by atoms with E-state index in [2.05, 4.69) is 4.99 Å². The van der Waals surface area contributed by atoms with Gasteiger partial charge >= 0.3 is 0 Å². The summed E-state index contributed by atoms with van der Waals surface area (Å²) >= 11 is 0. The van der Waals surface area contributed by atoms with Gasteiger partial charge in [0.1, 0.15) is 5.76 Å². The van der Waals surface area contributed by atoms with E-state index in [1.807, 2.05) is 27.7 Å². The number of rotatable bonds is 1. The van der Waals surface area contributed by atoms with Gasteiger partial charge in [-0.05, 0) is 27.2 Å². The third-order valence-electron chi connectivity index (χ3n) is 2.41. The highest BCUT2D eigenvalue weighted by atomic mass is 16.3. The fourth-order valence-electron chi connectivity index (χ4n) is 1.17. The molecule has 0 aromatic carbocycles. The molecular weight excluding hydrogens is 138 g/mol. The van der Waals surface area contributed by atoms with Crippen molar-refractivity contribution in [1.82, 2.24) is 0 Å². The maximum Gasteiger partial charge on any atom is 0.125 e. The fraction of sp³-hybridized carbons (Fsp3) is 0.667. The second-order valence-corrected chi connectivity index (χ2v) is 3.47. The third-order valence-corrected chi connectivity index (χ3v) is 2.41. The molecule has 0 atom stereocenters. The van der Waals surface area contributed by atoms with Gasteiger partial charge in [0.2, 0.25) is 0 Å². The molecule has 0 aromatic heterocycles. The van der Waals surface area contributed by atoms with Gasteiger partial charge in [-0.1, -0.05) is 6.92 Å². The Labute approximate surface area is 67.7 Å². The van der Waals surface area contributed by atoms with E-state index in [0.29, 0.717) is 5.76 Å². The highest BCUT2D eigenvalue weighted by Crippen LogP contribution is 2.35. The molecule has 1 heterocycles. The zero-order valence-corrected chi connectivity index (χ0v) is 7.60. The molecule has 0 bridgehead atoms. The summed E-state index contributed by atoms with van der Waals surface area (Å²) in [6, 6.07) is 0. The van der Waals surface area contributed by atoms with E-state index in [9.17, 15) is 5.11 Å². The Balaban J connectivity index is 3.07. The van der Waals surface area contributed by atoms with E-state index in [0.717, 1.165) is 17.8 Å². The summed E-state index contributed by atoms with van der Waals surface area (Å²) in [5.74, 6) is 0.442. The van der Waals surface area contributed by atoms with E-state index < -0.39 is 0 Å². The average Bonchev–Trinajstić information content (AvgIpc) is 2.14. The zero-order chi connectivity index (χ0) is 8.65. The predicted molar refractivity (Wildman–Crippen MR) is 46.8 cm³/mol. The lowest BCUT2D eigenvalue weighted by atomic mass is 9.87. The van der Waals surface area contributed by atoms with Crippen LogP contribution in [0.25, 0.3) is 0 Å². The Bertz CT molecular complexity index is 236. The van der Waals surface area contributed by atoms with E-state index in [1.54, 1.807) is 0 Å². The number of hydrogen-bond donors (Lipinski definition) is 1. The second-order valence-electron chi connectivity index (χ2n) is 3.47. The van der Waals surface area contributed by atoms with Crippen molar-refractivity contribution in [1.29, 1.82) is 0 Å². The Morgan fingerprint density at radius 2 is 2.00 bits per heavy atom. The van der Waals surface area contributed by atoms with Crippen LogP contribution in [0.15, 0.2) is 16.4 Å². The maximum atomic E-state index is 9.65. The first kappa shape index (κ1) is 8.31. The van der Waals surface area contributed by atoms with Crippen molar-refractivity contribution in [2.24, 2.45) is 10.4 Å². The van der Waals surface area contributed by atoms with Crippen LogP contribution in [0.5, 0.6) is 0 Å². The van der Waals surface area contributed by atoms with Gasteiger partial charge in [-0.2, -0.15) is 0 Å². The normalized spacial score (nSPS) is 22.4. The molecule has 1 N–H and O–H groups in total. The van der Waals surface area contributed by atoms with Crippen molar-refractivity contribution in [2.45, 2.75) is 34.1 Å². The first-order chi connectivity index (χ1) is 5.00. The number of nitrogens with zero attached hydrogens (tertiary/aromatic N) is 1. The molecule has 0 spiro atoms. The van der Waals surface area contributed by atoms with E-state index in [4.69, 9.17) is 0 Å². The van der Waals surface area contributed by atoms with Crippen molar-refractivity contribution in [3.8, 4) is 0 Å². The van der Waals surface area contributed by atoms with Crippen LogP contribution in [0.4, 0.5) is 0 Å². The molecule has 0 saturated heterocycles. The van der Waals surface area contributed by atoms with Gasteiger partial charge < -0.3 is 5.11 Å². The molecule has 2 heteroatoms. The molecular formula is C9H15NO. The standard InChI is InChI=1S/C9H15NO/c1-5-7-8(11)9(3,4)6(2)10-7/h11H,5H2,1-4H3. The summed E-state index contributed by atoms with van der Waals surface area (Å²) in [4.78, 5) is 4.29. The van der Waals surface area contributed by atoms with E-state index in [1.165, 1.54) is 0 Å². The molecule has 0 amide bonds. The molecule has 1 aliphatic heterocycles. The van der Waals surface area contributed by atoms with Gasteiger partial charge in [0.05, 0.1) is 11.1 Å². The Morgan fingerprint density at radius 1 is 1.45 bits per heavy atom. The minimum Gasteiger partial charge on any atom is -0.509 e. The predicted octanol–water partition coefficient (Wildman–Crippen LogP) is 2.67. The number of aliphatic imine (C=N–C) groups is 1. The summed E-state index contributed by atoms with van der Waals surface area (Å²) in [5, 5.41) is 9.65. The first-order valence-corrected chi connectivity index (χ1v) is 3.98. The highest BCUT2D eigenvalue weighted by Gasteiger charge is 2.33. The lowest BCUT2D eigenvalue weighted by Gasteiger charge is -2.18.